The van der Waals surface area contributed by atoms with Crippen molar-refractivity contribution in [3.63, 3.8) is 0 Å². The number of rotatable bonds is 8. The molecule has 1 aliphatic rings. The van der Waals surface area contributed by atoms with Crippen LogP contribution in [0.2, 0.25) is 0 Å². The Hall–Kier alpha value is -4.13. The molecule has 0 radical (unpaired) electrons. The Balaban J connectivity index is 2.06. The summed E-state index contributed by atoms with van der Waals surface area (Å²) in [6.07, 6.45) is 5.23. The van der Waals surface area contributed by atoms with Crippen molar-refractivity contribution in [1.82, 2.24) is 5.32 Å². The van der Waals surface area contributed by atoms with Gasteiger partial charge in [0.25, 0.3) is 11.8 Å². The molecule has 1 aliphatic heterocycles. The Morgan fingerprint density at radius 3 is 2.45 bits per heavy atom. The lowest BCUT2D eigenvalue weighted by Crippen LogP contribution is -2.54. The predicted octanol–water partition coefficient (Wildman–Crippen LogP) is 3.65. The Morgan fingerprint density at radius 2 is 1.81 bits per heavy atom. The van der Waals surface area contributed by atoms with Crippen LogP contribution in [0.1, 0.15) is 11.1 Å². The second kappa shape index (κ2) is 9.58. The van der Waals surface area contributed by atoms with Crippen molar-refractivity contribution in [2.45, 2.75) is 6.42 Å². The minimum Gasteiger partial charge on any atom is -0.493 e. The molecule has 31 heavy (non-hydrogen) atoms. The van der Waals surface area contributed by atoms with Gasteiger partial charge in [0, 0.05) is 5.56 Å². The zero-order valence-corrected chi connectivity index (χ0v) is 17.1. The third kappa shape index (κ3) is 4.56. The summed E-state index contributed by atoms with van der Waals surface area (Å²) < 4.78 is 11.2. The van der Waals surface area contributed by atoms with E-state index in [4.69, 9.17) is 9.47 Å². The predicted molar refractivity (Wildman–Crippen MR) is 118 cm³/mol. The van der Waals surface area contributed by atoms with Crippen LogP contribution in [0.5, 0.6) is 11.5 Å². The van der Waals surface area contributed by atoms with E-state index in [2.05, 4.69) is 18.5 Å². The van der Waals surface area contributed by atoms with Crippen LogP contribution in [0.15, 0.2) is 73.3 Å². The molecule has 2 aromatic carbocycles. The molecule has 0 unspecified atom stereocenters. The zero-order valence-electron chi connectivity index (χ0n) is 17.1. The van der Waals surface area contributed by atoms with Gasteiger partial charge in [-0.2, -0.15) is 0 Å². The van der Waals surface area contributed by atoms with Crippen molar-refractivity contribution in [2.75, 3.05) is 18.6 Å². The molecule has 1 heterocycles. The first-order valence-electron chi connectivity index (χ1n) is 9.52. The number of amides is 4. The first-order chi connectivity index (χ1) is 15.0. The maximum atomic E-state index is 13.0. The van der Waals surface area contributed by atoms with E-state index >= 15 is 0 Å². The number of carbonyl (C=O) groups is 3. The lowest BCUT2D eigenvalue weighted by molar-refractivity contribution is -0.122. The number of ether oxygens (including phenoxy) is 2. The average Bonchev–Trinajstić information content (AvgIpc) is 2.76. The lowest BCUT2D eigenvalue weighted by Gasteiger charge is -2.26. The van der Waals surface area contributed by atoms with Gasteiger partial charge in [-0.05, 0) is 42.3 Å². The number of nitrogens with zero attached hydrogens (tertiary/aromatic N) is 1. The van der Waals surface area contributed by atoms with E-state index in [0.29, 0.717) is 29.2 Å². The summed E-state index contributed by atoms with van der Waals surface area (Å²) in [4.78, 5) is 38.7. The van der Waals surface area contributed by atoms with E-state index in [-0.39, 0.29) is 12.2 Å². The number of methoxy groups -OCH3 is 1. The number of nitrogens with one attached hydrogen (secondary N) is 1. The SMILES string of the molecule is C=CCOc1c(CC=C)cc(/C=C2\C(=O)NC(=O)N(c3ccccc3)C2=O)cc1OC. The molecule has 1 N–H and O–H groups in total. The van der Waals surface area contributed by atoms with Crippen molar-refractivity contribution in [2.24, 2.45) is 0 Å². The summed E-state index contributed by atoms with van der Waals surface area (Å²) >= 11 is 0. The summed E-state index contributed by atoms with van der Waals surface area (Å²) in [6, 6.07) is 11.0. The molecule has 1 fully saturated rings. The summed E-state index contributed by atoms with van der Waals surface area (Å²) in [5.74, 6) is -0.507. The number of urea groups is 1. The van der Waals surface area contributed by atoms with Gasteiger partial charge in [0.2, 0.25) is 0 Å². The topological polar surface area (TPSA) is 84.9 Å². The molecule has 7 heteroatoms. The maximum absolute atomic E-state index is 13.0. The van der Waals surface area contributed by atoms with E-state index in [1.807, 2.05) is 0 Å². The summed E-state index contributed by atoms with van der Waals surface area (Å²) in [6.45, 7) is 7.69. The van der Waals surface area contributed by atoms with Gasteiger partial charge in [-0.15, -0.1) is 6.58 Å². The lowest BCUT2D eigenvalue weighted by atomic mass is 10.0. The van der Waals surface area contributed by atoms with Gasteiger partial charge >= 0.3 is 6.03 Å². The number of imide groups is 2. The van der Waals surface area contributed by atoms with Crippen molar-refractivity contribution >= 4 is 29.6 Å². The van der Waals surface area contributed by atoms with E-state index in [1.54, 1.807) is 54.6 Å². The molecular formula is C24H22N2O5. The quantitative estimate of drug-likeness (QED) is 0.402. The highest BCUT2D eigenvalue weighted by Gasteiger charge is 2.36. The fourth-order valence-corrected chi connectivity index (χ4v) is 3.17. The molecule has 1 saturated heterocycles. The van der Waals surface area contributed by atoms with Gasteiger partial charge in [0.15, 0.2) is 11.5 Å². The second-order valence-electron chi connectivity index (χ2n) is 6.60. The fraction of sp³-hybridized carbons (Fsp3) is 0.125. The van der Waals surface area contributed by atoms with Crippen LogP contribution in [0.3, 0.4) is 0 Å². The largest absolute Gasteiger partial charge is 0.493 e. The normalized spacial score (nSPS) is 14.9. The van der Waals surface area contributed by atoms with Crippen molar-refractivity contribution in [3.05, 3.63) is 84.5 Å². The van der Waals surface area contributed by atoms with Gasteiger partial charge in [0.1, 0.15) is 12.2 Å². The van der Waals surface area contributed by atoms with Gasteiger partial charge in [0.05, 0.1) is 12.8 Å². The molecule has 0 aromatic heterocycles. The Morgan fingerprint density at radius 1 is 1.06 bits per heavy atom. The first kappa shape index (κ1) is 21.6. The molecule has 0 aliphatic carbocycles. The van der Waals surface area contributed by atoms with E-state index < -0.39 is 17.8 Å². The van der Waals surface area contributed by atoms with Crippen LogP contribution in [0, 0.1) is 0 Å². The van der Waals surface area contributed by atoms with Gasteiger partial charge in [-0.25, -0.2) is 9.69 Å². The fourth-order valence-electron chi connectivity index (χ4n) is 3.17. The Kier molecular flexibility index (Phi) is 6.67. The van der Waals surface area contributed by atoms with Crippen LogP contribution in [-0.2, 0) is 16.0 Å². The molecule has 3 rings (SSSR count). The average molecular weight is 418 g/mol. The molecule has 0 spiro atoms. The third-order valence-electron chi connectivity index (χ3n) is 4.51. The molecule has 0 bridgehead atoms. The van der Waals surface area contributed by atoms with Gasteiger partial charge in [-0.1, -0.05) is 36.9 Å². The Bertz CT molecular complexity index is 1070. The molecule has 0 saturated carbocycles. The van der Waals surface area contributed by atoms with Crippen molar-refractivity contribution in [3.8, 4) is 11.5 Å². The van der Waals surface area contributed by atoms with Crippen molar-refractivity contribution < 1.29 is 23.9 Å². The highest BCUT2D eigenvalue weighted by Crippen LogP contribution is 2.34. The van der Waals surface area contributed by atoms with E-state index in [0.717, 1.165) is 10.5 Å². The summed E-state index contributed by atoms with van der Waals surface area (Å²) in [7, 11) is 1.50. The number of allylic oxidation sites excluding steroid dienone is 1. The summed E-state index contributed by atoms with van der Waals surface area (Å²) in [5.41, 5.74) is 1.50. The number of barbiturate groups is 1. The van der Waals surface area contributed by atoms with Gasteiger partial charge in [-0.3, -0.25) is 14.9 Å². The number of hydrogen-bond donors (Lipinski definition) is 1. The molecule has 158 valence electrons. The number of para-hydroxylation sites is 1. The summed E-state index contributed by atoms with van der Waals surface area (Å²) in [5, 5.41) is 2.21. The molecule has 2 aromatic rings. The van der Waals surface area contributed by atoms with Crippen LogP contribution in [0.4, 0.5) is 10.5 Å². The standard InChI is InChI=1S/C24H22N2O5/c1-4-9-17-13-16(15-20(30-3)21(17)31-12-5-2)14-19-22(27)25-24(29)26(23(19)28)18-10-7-6-8-11-18/h4-8,10-11,13-15H,1-2,9,12H2,3H3,(H,25,27,29)/b19-14+. The number of benzene rings is 2. The van der Waals surface area contributed by atoms with Crippen LogP contribution < -0.4 is 19.7 Å². The smallest absolute Gasteiger partial charge is 0.335 e. The van der Waals surface area contributed by atoms with E-state index in [9.17, 15) is 14.4 Å². The second-order valence-corrected chi connectivity index (χ2v) is 6.60. The van der Waals surface area contributed by atoms with Gasteiger partial charge < -0.3 is 9.47 Å². The number of anilines is 1. The minimum absolute atomic E-state index is 0.171. The third-order valence-corrected chi connectivity index (χ3v) is 4.51. The monoisotopic (exact) mass is 418 g/mol. The highest BCUT2D eigenvalue weighted by molar-refractivity contribution is 6.39. The first-order valence-corrected chi connectivity index (χ1v) is 9.52. The molecular weight excluding hydrogens is 396 g/mol. The minimum atomic E-state index is -0.795. The van der Waals surface area contributed by atoms with Crippen molar-refractivity contribution in [1.29, 1.82) is 0 Å². The Labute approximate surface area is 180 Å². The van der Waals surface area contributed by atoms with Crippen LogP contribution >= 0.6 is 0 Å². The van der Waals surface area contributed by atoms with Crippen LogP contribution in [-0.4, -0.2) is 31.6 Å². The van der Waals surface area contributed by atoms with Crippen LogP contribution in [0.25, 0.3) is 6.08 Å². The molecule has 4 amide bonds. The molecule has 0 atom stereocenters. The zero-order chi connectivity index (χ0) is 22.4. The highest BCUT2D eigenvalue weighted by atomic mass is 16.5. The maximum Gasteiger partial charge on any atom is 0.335 e. The number of carbonyl (C=O) groups excluding carboxylic acids is 3. The number of hydrogen-bond acceptors (Lipinski definition) is 5. The molecule has 7 nitrogen and oxygen atoms in total. The van der Waals surface area contributed by atoms with E-state index in [1.165, 1.54) is 13.2 Å².